The molecule has 3 aromatic carbocycles. The number of aryl methyl sites for hydroxylation is 1. The summed E-state index contributed by atoms with van der Waals surface area (Å²) in [4.78, 5) is 27.4. The molecule has 30 heavy (non-hydrogen) atoms. The molecule has 3 aromatic rings. The van der Waals surface area contributed by atoms with Crippen LogP contribution in [-0.2, 0) is 24.2 Å². The van der Waals surface area contributed by atoms with Crippen molar-refractivity contribution in [3.8, 4) is 0 Å². The Morgan fingerprint density at radius 3 is 2.63 bits per heavy atom. The number of aliphatic hydroxyl groups excluding tert-OH is 1. The smallest absolute Gasteiger partial charge is 0.229 e. The fourth-order valence-corrected chi connectivity index (χ4v) is 5.12. The Bertz CT molecular complexity index is 1150. The third-order valence-electron chi connectivity index (χ3n) is 6.86. The van der Waals surface area contributed by atoms with Gasteiger partial charge in [-0.1, -0.05) is 48.5 Å². The van der Waals surface area contributed by atoms with Crippen LogP contribution in [0.3, 0.4) is 0 Å². The van der Waals surface area contributed by atoms with Gasteiger partial charge < -0.3 is 10.0 Å². The second kappa shape index (κ2) is 7.37. The number of ketones is 1. The predicted molar refractivity (Wildman–Crippen MR) is 116 cm³/mol. The van der Waals surface area contributed by atoms with Crippen LogP contribution in [0.15, 0.2) is 60.7 Å². The molecule has 1 aliphatic heterocycles. The first-order valence-electron chi connectivity index (χ1n) is 10.6. The molecular weight excluding hydrogens is 374 g/mol. The molecule has 2 aliphatic rings. The van der Waals surface area contributed by atoms with Crippen molar-refractivity contribution in [1.82, 2.24) is 4.90 Å². The van der Waals surface area contributed by atoms with E-state index in [-0.39, 0.29) is 17.1 Å². The number of amides is 1. The Morgan fingerprint density at radius 2 is 1.80 bits per heavy atom. The van der Waals surface area contributed by atoms with Crippen LogP contribution in [0, 0.1) is 5.41 Å². The highest BCUT2D eigenvalue weighted by Crippen LogP contribution is 2.44. The molecule has 1 amide bonds. The van der Waals surface area contributed by atoms with E-state index in [1.807, 2.05) is 29.2 Å². The quantitative estimate of drug-likeness (QED) is 0.677. The van der Waals surface area contributed by atoms with E-state index >= 15 is 0 Å². The summed E-state index contributed by atoms with van der Waals surface area (Å²) < 4.78 is 0. The molecule has 0 bridgehead atoms. The Kier molecular flexibility index (Phi) is 4.67. The minimum atomic E-state index is -0.484. The predicted octanol–water partition coefficient (Wildman–Crippen LogP) is 3.92. The van der Waals surface area contributed by atoms with Crippen molar-refractivity contribution in [3.05, 3.63) is 82.9 Å². The summed E-state index contributed by atoms with van der Waals surface area (Å²) in [5, 5.41) is 11.6. The number of hydrogen-bond acceptors (Lipinski definition) is 3. The zero-order valence-electron chi connectivity index (χ0n) is 16.9. The van der Waals surface area contributed by atoms with Crippen LogP contribution in [0.1, 0.15) is 39.9 Å². The monoisotopic (exact) mass is 399 g/mol. The second-order valence-corrected chi connectivity index (χ2v) is 8.68. The van der Waals surface area contributed by atoms with Gasteiger partial charge in [-0.25, -0.2) is 0 Å². The normalized spacial score (nSPS) is 20.7. The Morgan fingerprint density at radius 1 is 0.967 bits per heavy atom. The number of aliphatic hydroxyl groups is 1. The van der Waals surface area contributed by atoms with Crippen LogP contribution < -0.4 is 0 Å². The number of carbonyl (C=O) groups is 2. The summed E-state index contributed by atoms with van der Waals surface area (Å²) >= 11 is 0. The average Bonchev–Trinajstić information content (AvgIpc) is 3.07. The molecule has 152 valence electrons. The maximum absolute atomic E-state index is 13.5. The molecule has 1 saturated heterocycles. The number of likely N-dealkylation sites (tertiary alicyclic amines) is 1. The fraction of sp³-hybridized carbons (Fsp3) is 0.308. The van der Waals surface area contributed by atoms with Crippen molar-refractivity contribution >= 4 is 22.5 Å². The number of Topliss-reactive ketones (excluding diaryl/α,β-unsaturated/α-hetero) is 1. The van der Waals surface area contributed by atoms with E-state index in [1.165, 1.54) is 16.3 Å². The number of benzene rings is 3. The van der Waals surface area contributed by atoms with E-state index in [0.717, 1.165) is 36.9 Å². The number of hydrogen-bond donors (Lipinski definition) is 1. The summed E-state index contributed by atoms with van der Waals surface area (Å²) in [5.41, 5.74) is 3.64. The highest BCUT2D eigenvalue weighted by atomic mass is 16.3. The summed E-state index contributed by atoms with van der Waals surface area (Å²) in [6.07, 6.45) is 3.26. The third-order valence-corrected chi connectivity index (χ3v) is 6.86. The van der Waals surface area contributed by atoms with Crippen molar-refractivity contribution < 1.29 is 14.7 Å². The molecular formula is C26H25NO3. The molecule has 1 fully saturated rings. The van der Waals surface area contributed by atoms with Crippen LogP contribution in [0.2, 0.25) is 0 Å². The van der Waals surface area contributed by atoms with Crippen LogP contribution in [0.4, 0.5) is 0 Å². The van der Waals surface area contributed by atoms with Gasteiger partial charge >= 0.3 is 0 Å². The molecule has 1 aliphatic carbocycles. The summed E-state index contributed by atoms with van der Waals surface area (Å²) in [6.45, 7) is 0.931. The van der Waals surface area contributed by atoms with Crippen LogP contribution in [-0.4, -0.2) is 34.8 Å². The zero-order valence-corrected chi connectivity index (χ0v) is 16.9. The lowest BCUT2D eigenvalue weighted by molar-refractivity contribution is -0.137. The Balaban J connectivity index is 1.37. The van der Waals surface area contributed by atoms with Gasteiger partial charge in [0.2, 0.25) is 5.91 Å². The van der Waals surface area contributed by atoms with Gasteiger partial charge in [-0.15, -0.1) is 0 Å². The first kappa shape index (κ1) is 19.0. The van der Waals surface area contributed by atoms with Gasteiger partial charge in [0.1, 0.15) is 6.61 Å². The van der Waals surface area contributed by atoms with E-state index in [2.05, 4.69) is 30.3 Å². The van der Waals surface area contributed by atoms with E-state index in [4.69, 9.17) is 5.11 Å². The molecule has 0 aromatic heterocycles. The van der Waals surface area contributed by atoms with Crippen molar-refractivity contribution in [3.63, 3.8) is 0 Å². The van der Waals surface area contributed by atoms with Gasteiger partial charge in [0, 0.05) is 18.7 Å². The van der Waals surface area contributed by atoms with E-state index in [0.29, 0.717) is 18.5 Å². The lowest BCUT2D eigenvalue weighted by atomic mass is 9.70. The van der Waals surface area contributed by atoms with Gasteiger partial charge in [0.15, 0.2) is 5.78 Å². The number of fused-ring (bicyclic) bond motifs is 2. The van der Waals surface area contributed by atoms with Crippen molar-refractivity contribution in [2.24, 2.45) is 5.41 Å². The molecule has 1 spiro atoms. The average molecular weight is 399 g/mol. The highest BCUT2D eigenvalue weighted by Gasteiger charge is 2.48. The zero-order chi connectivity index (χ0) is 20.7. The minimum absolute atomic E-state index is 0.236. The lowest BCUT2D eigenvalue weighted by Crippen LogP contribution is -2.38. The summed E-state index contributed by atoms with van der Waals surface area (Å²) in [5.74, 6) is -0.0340. The van der Waals surface area contributed by atoms with E-state index in [1.54, 1.807) is 6.07 Å². The van der Waals surface area contributed by atoms with Crippen LogP contribution in [0.5, 0.6) is 0 Å². The first-order chi connectivity index (χ1) is 14.6. The second-order valence-electron chi connectivity index (χ2n) is 8.68. The Labute approximate surface area is 176 Å². The number of rotatable bonds is 4. The molecule has 1 atom stereocenters. The third kappa shape index (κ3) is 3.21. The van der Waals surface area contributed by atoms with Gasteiger partial charge in [0.25, 0.3) is 0 Å². The first-order valence-corrected chi connectivity index (χ1v) is 10.6. The van der Waals surface area contributed by atoms with Crippen LogP contribution >= 0.6 is 0 Å². The minimum Gasteiger partial charge on any atom is -0.388 e. The maximum Gasteiger partial charge on any atom is 0.229 e. The molecule has 0 radical (unpaired) electrons. The molecule has 0 unspecified atom stereocenters. The van der Waals surface area contributed by atoms with Gasteiger partial charge in [-0.05, 0) is 65.3 Å². The topological polar surface area (TPSA) is 57.6 Å². The largest absolute Gasteiger partial charge is 0.388 e. The fourth-order valence-electron chi connectivity index (χ4n) is 5.12. The van der Waals surface area contributed by atoms with Crippen LogP contribution in [0.25, 0.3) is 10.8 Å². The van der Waals surface area contributed by atoms with Crippen molar-refractivity contribution in [1.29, 1.82) is 0 Å². The lowest BCUT2D eigenvalue weighted by Gasteiger charge is -2.33. The molecule has 5 rings (SSSR count). The van der Waals surface area contributed by atoms with Gasteiger partial charge in [-0.2, -0.15) is 0 Å². The molecule has 0 saturated carbocycles. The molecule has 4 heteroatoms. The van der Waals surface area contributed by atoms with Crippen molar-refractivity contribution in [2.75, 3.05) is 13.2 Å². The number of carbonyl (C=O) groups excluding carboxylic acids is 2. The standard InChI is InChI=1S/C26H25NO3/c28-17-24(29)22-8-7-20-9-10-26(15-23(20)14-22)11-12-27(25(26)30)16-18-5-6-19-3-1-2-4-21(19)13-18/h1-8,13-14,28H,9-12,15-17H2/t26-/m1/s1. The summed E-state index contributed by atoms with van der Waals surface area (Å²) in [6, 6.07) is 20.4. The molecule has 4 nitrogen and oxygen atoms in total. The van der Waals surface area contributed by atoms with E-state index < -0.39 is 6.61 Å². The SMILES string of the molecule is O=C(CO)c1ccc2c(c1)C[C@@]1(CC2)CCN(Cc2ccc3ccccc3c2)C1=O. The maximum atomic E-state index is 13.5. The number of nitrogens with zero attached hydrogens (tertiary/aromatic N) is 1. The summed E-state index contributed by atoms with van der Waals surface area (Å²) in [7, 11) is 0. The molecule has 1 N–H and O–H groups in total. The van der Waals surface area contributed by atoms with Gasteiger partial charge in [0.05, 0.1) is 5.41 Å². The van der Waals surface area contributed by atoms with E-state index in [9.17, 15) is 9.59 Å². The van der Waals surface area contributed by atoms with Crippen molar-refractivity contribution in [2.45, 2.75) is 32.2 Å². The molecule has 1 heterocycles. The van der Waals surface area contributed by atoms with Gasteiger partial charge in [-0.3, -0.25) is 9.59 Å². The highest BCUT2D eigenvalue weighted by molar-refractivity contribution is 5.97. The Hall–Kier alpha value is -2.98.